The lowest BCUT2D eigenvalue weighted by atomic mass is 9.92. The topological polar surface area (TPSA) is 83.1 Å². The molecule has 2 atom stereocenters. The molecule has 0 aromatic carbocycles. The zero-order chi connectivity index (χ0) is 17.6. The molecule has 3 fully saturated rings. The van der Waals surface area contributed by atoms with Gasteiger partial charge in [-0.2, -0.15) is 0 Å². The highest BCUT2D eigenvalue weighted by molar-refractivity contribution is 5.74. The van der Waals surface area contributed by atoms with Crippen LogP contribution in [-0.4, -0.2) is 87.1 Å². The molecular weight excluding hydrogens is 324 g/mol. The number of hydrogen-bond donors (Lipinski definition) is 2. The Morgan fingerprint density at radius 1 is 1.08 bits per heavy atom. The summed E-state index contributed by atoms with van der Waals surface area (Å²) in [7, 11) is 0. The molecule has 2 N–H and O–H groups in total. The second-order valence-electron chi connectivity index (χ2n) is 7.01. The van der Waals surface area contributed by atoms with Crippen LogP contribution < -0.4 is 10.6 Å². The molecule has 1 aliphatic carbocycles. The van der Waals surface area contributed by atoms with Crippen LogP contribution in [-0.2, 0) is 9.47 Å². The zero-order valence-electron chi connectivity index (χ0n) is 15.0. The van der Waals surface area contributed by atoms with Crippen LogP contribution in [0.1, 0.15) is 19.8 Å². The molecule has 0 aromatic heterocycles. The fraction of sp³-hybridized carbons (Fsp3) is 0.882. The molecule has 0 spiro atoms. The number of rotatable bonds is 5. The van der Waals surface area contributed by atoms with E-state index in [0.717, 1.165) is 32.5 Å². The van der Waals surface area contributed by atoms with Gasteiger partial charge in [0, 0.05) is 45.3 Å². The number of nitrogens with one attached hydrogen (secondary N) is 2. The van der Waals surface area contributed by atoms with Gasteiger partial charge in [0.2, 0.25) is 0 Å². The second-order valence-corrected chi connectivity index (χ2v) is 7.01. The molecule has 8 heteroatoms. The summed E-state index contributed by atoms with van der Waals surface area (Å²) in [5, 5.41) is 6.57. The minimum Gasteiger partial charge on any atom is -0.450 e. The molecule has 3 aliphatic rings. The van der Waals surface area contributed by atoms with Crippen molar-refractivity contribution >= 4 is 12.1 Å². The van der Waals surface area contributed by atoms with E-state index >= 15 is 0 Å². The Morgan fingerprint density at radius 2 is 1.76 bits per heavy atom. The van der Waals surface area contributed by atoms with Crippen molar-refractivity contribution in [3.8, 4) is 0 Å². The number of ether oxygens (including phenoxy) is 2. The number of carbonyl (C=O) groups excluding carboxylic acids is 2. The summed E-state index contributed by atoms with van der Waals surface area (Å²) in [6, 6.07) is 0.427. The van der Waals surface area contributed by atoms with E-state index < -0.39 is 0 Å². The minimum atomic E-state index is -0.185. The summed E-state index contributed by atoms with van der Waals surface area (Å²) in [5.41, 5.74) is 0. The molecule has 0 unspecified atom stereocenters. The third-order valence-corrected chi connectivity index (χ3v) is 5.44. The Morgan fingerprint density at radius 3 is 2.40 bits per heavy atom. The zero-order valence-corrected chi connectivity index (χ0v) is 15.0. The van der Waals surface area contributed by atoms with Gasteiger partial charge in [0.05, 0.1) is 19.8 Å². The average Bonchev–Trinajstić information content (AvgIpc) is 2.87. The van der Waals surface area contributed by atoms with E-state index in [4.69, 9.17) is 9.47 Å². The molecular formula is C17H30N4O4. The van der Waals surface area contributed by atoms with E-state index in [2.05, 4.69) is 10.6 Å². The van der Waals surface area contributed by atoms with Crippen molar-refractivity contribution in [3.63, 3.8) is 0 Å². The second kappa shape index (κ2) is 8.71. The highest BCUT2D eigenvalue weighted by atomic mass is 16.6. The Kier molecular flexibility index (Phi) is 6.36. The number of piperidine rings is 1. The number of nitrogens with zero attached hydrogens (tertiary/aromatic N) is 2. The SMILES string of the molecule is CCOC(=O)N1C[C@@H]2CC[C@@H](C1)C2NCCNC(=O)N1CCOCC1. The monoisotopic (exact) mass is 354 g/mol. The molecule has 1 saturated carbocycles. The standard InChI is InChI=1S/C17H30N4O4/c1-2-25-17(23)21-11-13-3-4-14(12-21)15(13)18-5-6-19-16(22)20-7-9-24-10-8-20/h13-15,18H,2-12H2,1H3,(H,19,22)/t13-,14-/m0/s1. The Labute approximate surface area is 149 Å². The largest absolute Gasteiger partial charge is 0.450 e. The van der Waals surface area contributed by atoms with Crippen molar-refractivity contribution in [3.05, 3.63) is 0 Å². The Bertz CT molecular complexity index is 456. The summed E-state index contributed by atoms with van der Waals surface area (Å²) in [4.78, 5) is 27.6. The molecule has 2 bridgehead atoms. The summed E-state index contributed by atoms with van der Waals surface area (Å²) < 4.78 is 10.4. The predicted molar refractivity (Wildman–Crippen MR) is 92.4 cm³/mol. The number of likely N-dealkylation sites (tertiary alicyclic amines) is 1. The molecule has 2 aliphatic heterocycles. The number of amides is 3. The lowest BCUT2D eigenvalue weighted by Gasteiger charge is -2.38. The van der Waals surface area contributed by atoms with Gasteiger partial charge in [-0.3, -0.25) is 0 Å². The van der Waals surface area contributed by atoms with Crippen LogP contribution in [0.3, 0.4) is 0 Å². The molecule has 0 aromatic rings. The van der Waals surface area contributed by atoms with Crippen LogP contribution in [0.15, 0.2) is 0 Å². The van der Waals surface area contributed by atoms with Gasteiger partial charge in [-0.1, -0.05) is 0 Å². The molecule has 8 nitrogen and oxygen atoms in total. The molecule has 0 radical (unpaired) electrons. The predicted octanol–water partition coefficient (Wildman–Crippen LogP) is 0.485. The molecule has 2 heterocycles. The number of fused-ring (bicyclic) bond motifs is 2. The van der Waals surface area contributed by atoms with E-state index in [1.54, 1.807) is 4.90 Å². The summed E-state index contributed by atoms with van der Waals surface area (Å²) in [6.45, 7) is 7.75. The van der Waals surface area contributed by atoms with Gasteiger partial charge < -0.3 is 29.9 Å². The molecule has 25 heavy (non-hydrogen) atoms. The normalized spacial score (nSPS) is 28.8. The third kappa shape index (κ3) is 4.55. The van der Waals surface area contributed by atoms with Crippen molar-refractivity contribution in [1.82, 2.24) is 20.4 Å². The van der Waals surface area contributed by atoms with E-state index in [0.29, 0.717) is 57.3 Å². The van der Waals surface area contributed by atoms with Crippen LogP contribution in [0, 0.1) is 11.8 Å². The molecule has 142 valence electrons. The van der Waals surface area contributed by atoms with Gasteiger partial charge in [-0.15, -0.1) is 0 Å². The van der Waals surface area contributed by atoms with Crippen molar-refractivity contribution in [2.24, 2.45) is 11.8 Å². The van der Waals surface area contributed by atoms with Gasteiger partial charge in [0.1, 0.15) is 0 Å². The van der Waals surface area contributed by atoms with E-state index in [-0.39, 0.29) is 12.1 Å². The fourth-order valence-electron chi connectivity index (χ4n) is 4.21. The van der Waals surface area contributed by atoms with Crippen molar-refractivity contribution in [2.75, 3.05) is 59.1 Å². The third-order valence-electron chi connectivity index (χ3n) is 5.44. The van der Waals surface area contributed by atoms with E-state index in [9.17, 15) is 9.59 Å². The number of hydrogen-bond acceptors (Lipinski definition) is 5. The quantitative estimate of drug-likeness (QED) is 0.702. The van der Waals surface area contributed by atoms with Gasteiger partial charge in [-0.25, -0.2) is 9.59 Å². The summed E-state index contributed by atoms with van der Waals surface area (Å²) in [5.74, 6) is 0.969. The molecule has 3 amide bonds. The molecule has 2 saturated heterocycles. The fourth-order valence-corrected chi connectivity index (χ4v) is 4.21. The van der Waals surface area contributed by atoms with Crippen molar-refractivity contribution in [2.45, 2.75) is 25.8 Å². The minimum absolute atomic E-state index is 0.00907. The van der Waals surface area contributed by atoms with Crippen molar-refractivity contribution < 1.29 is 19.1 Å². The number of morpholine rings is 1. The maximum absolute atomic E-state index is 12.0. The first-order chi connectivity index (χ1) is 12.2. The van der Waals surface area contributed by atoms with Crippen LogP contribution in [0.25, 0.3) is 0 Å². The lowest BCUT2D eigenvalue weighted by Crippen LogP contribution is -2.54. The Balaban J connectivity index is 1.37. The van der Waals surface area contributed by atoms with Crippen LogP contribution in [0.2, 0.25) is 0 Å². The average molecular weight is 354 g/mol. The van der Waals surface area contributed by atoms with E-state index in [1.807, 2.05) is 11.8 Å². The maximum atomic E-state index is 12.0. The summed E-state index contributed by atoms with van der Waals surface area (Å²) in [6.07, 6.45) is 2.12. The highest BCUT2D eigenvalue weighted by Gasteiger charge is 2.43. The highest BCUT2D eigenvalue weighted by Crippen LogP contribution is 2.37. The van der Waals surface area contributed by atoms with Crippen LogP contribution in [0.5, 0.6) is 0 Å². The smallest absolute Gasteiger partial charge is 0.409 e. The van der Waals surface area contributed by atoms with Crippen LogP contribution in [0.4, 0.5) is 9.59 Å². The van der Waals surface area contributed by atoms with Gasteiger partial charge in [-0.05, 0) is 31.6 Å². The van der Waals surface area contributed by atoms with Crippen LogP contribution >= 0.6 is 0 Å². The van der Waals surface area contributed by atoms with Crippen molar-refractivity contribution in [1.29, 1.82) is 0 Å². The Hall–Kier alpha value is -1.54. The van der Waals surface area contributed by atoms with Gasteiger partial charge in [0.15, 0.2) is 0 Å². The van der Waals surface area contributed by atoms with Gasteiger partial charge >= 0.3 is 12.1 Å². The maximum Gasteiger partial charge on any atom is 0.409 e. The number of urea groups is 1. The number of carbonyl (C=O) groups is 2. The summed E-state index contributed by atoms with van der Waals surface area (Å²) >= 11 is 0. The molecule has 3 rings (SSSR count). The lowest BCUT2D eigenvalue weighted by molar-refractivity contribution is 0.0532. The van der Waals surface area contributed by atoms with E-state index in [1.165, 1.54) is 0 Å². The first-order valence-corrected chi connectivity index (χ1v) is 9.44. The first kappa shape index (κ1) is 18.3. The first-order valence-electron chi connectivity index (χ1n) is 9.44. The van der Waals surface area contributed by atoms with Gasteiger partial charge in [0.25, 0.3) is 0 Å².